The molecule has 0 radical (unpaired) electrons. The smallest absolute Gasteiger partial charge is 0.321 e. The highest BCUT2D eigenvalue weighted by atomic mass is 127. The number of ether oxygens (including phenoxy) is 1. The third-order valence-corrected chi connectivity index (χ3v) is 7.21. The average molecular weight is 663 g/mol. The summed E-state index contributed by atoms with van der Waals surface area (Å²) >= 11 is 1.13. The molecule has 0 heterocycles. The quantitative estimate of drug-likeness (QED) is 0.121. The molecule has 3 rings (SSSR count). The first-order chi connectivity index (χ1) is 18.9. The highest BCUT2D eigenvalue weighted by Gasteiger charge is 2.26. The van der Waals surface area contributed by atoms with Gasteiger partial charge in [0.25, 0.3) is 11.8 Å². The summed E-state index contributed by atoms with van der Waals surface area (Å²) in [4.78, 5) is 33.5. The lowest BCUT2D eigenvalue weighted by molar-refractivity contribution is -0.117. The van der Waals surface area contributed by atoms with Crippen molar-refractivity contribution in [3.63, 3.8) is 0 Å². The van der Waals surface area contributed by atoms with Gasteiger partial charge in [-0.05, 0) is 78.3 Å². The standard InChI is InChI=1S/C31H33F2IN2O4/c1-19(2)15-25(22-5-7-24(8-6-22)30(38)35-14-13-28(37)36-39)18-40-27-16-20(3)29(21(4)17-27)23-9-11-26(12-10-23)31(32,33)34/h5-12,16-17,19,25H,13-15,18H2,1-4H3,(H,35,38). The predicted octanol–water partition coefficient (Wildman–Crippen LogP) is 8.08. The molecule has 0 bridgehead atoms. The second-order valence-electron chi connectivity index (χ2n) is 10.3. The van der Waals surface area contributed by atoms with Gasteiger partial charge in [-0.25, -0.2) is 0 Å². The van der Waals surface area contributed by atoms with Gasteiger partial charge in [-0.15, -0.1) is 4.91 Å². The minimum atomic E-state index is -2.91. The summed E-state index contributed by atoms with van der Waals surface area (Å²) < 4.78 is 30.6. The van der Waals surface area contributed by atoms with Gasteiger partial charge in [0.2, 0.25) is 0 Å². The Balaban J connectivity index is 1.71. The number of carbonyl (C=O) groups excluding carboxylic acids is 2. The first kappa shape index (κ1) is 31.3. The van der Waals surface area contributed by atoms with Gasteiger partial charge in [-0.2, -0.15) is 8.78 Å². The minimum Gasteiger partial charge on any atom is -0.493 e. The zero-order chi connectivity index (χ0) is 29.4. The van der Waals surface area contributed by atoms with Crippen LogP contribution in [-0.2, 0) is 8.72 Å². The Morgan fingerprint density at radius 2 is 1.60 bits per heavy atom. The second-order valence-corrected chi connectivity index (χ2v) is 11.6. The van der Waals surface area contributed by atoms with Crippen molar-refractivity contribution in [1.82, 2.24) is 5.32 Å². The van der Waals surface area contributed by atoms with Crippen LogP contribution in [-0.4, -0.2) is 25.0 Å². The summed E-state index contributed by atoms with van der Waals surface area (Å²) in [6.07, 6.45) is 0.751. The molecule has 1 unspecified atom stereocenters. The van der Waals surface area contributed by atoms with E-state index in [1.165, 1.54) is 12.1 Å². The van der Waals surface area contributed by atoms with Gasteiger partial charge in [0, 0.05) is 57.8 Å². The van der Waals surface area contributed by atoms with Gasteiger partial charge in [0.05, 0.1) is 6.61 Å². The SMILES string of the molecule is Cc1cc(OCC(CC(C)C)c2ccc(C(=O)NCCC(=O)N=O)cc2)cc(C)c1-c1ccc(C(F)(F)I)cc1. The molecule has 3 aromatic carbocycles. The molecule has 40 heavy (non-hydrogen) atoms. The molecule has 0 saturated heterocycles. The van der Waals surface area contributed by atoms with Crippen LogP contribution in [0, 0.1) is 24.7 Å². The van der Waals surface area contributed by atoms with Crippen LogP contribution in [0.1, 0.15) is 65.2 Å². The van der Waals surface area contributed by atoms with Crippen molar-refractivity contribution in [2.45, 2.75) is 50.4 Å². The normalized spacial score (nSPS) is 12.2. The van der Waals surface area contributed by atoms with Crippen LogP contribution in [0.15, 0.2) is 65.8 Å². The van der Waals surface area contributed by atoms with E-state index in [1.807, 2.05) is 38.1 Å². The van der Waals surface area contributed by atoms with E-state index in [0.29, 0.717) is 18.1 Å². The third kappa shape index (κ3) is 8.64. The Morgan fingerprint density at radius 1 is 1.00 bits per heavy atom. The number of hydrogen-bond donors (Lipinski definition) is 1. The van der Waals surface area contributed by atoms with E-state index < -0.39 is 9.84 Å². The molecule has 3 aromatic rings. The fourth-order valence-electron chi connectivity index (χ4n) is 4.69. The molecule has 6 nitrogen and oxygen atoms in total. The fourth-order valence-corrected chi connectivity index (χ4v) is 5.05. The van der Waals surface area contributed by atoms with Crippen molar-refractivity contribution >= 4 is 34.4 Å². The third-order valence-electron chi connectivity index (χ3n) is 6.58. The van der Waals surface area contributed by atoms with Gasteiger partial charge in [0.15, 0.2) is 0 Å². The highest BCUT2D eigenvalue weighted by Crippen LogP contribution is 2.37. The van der Waals surface area contributed by atoms with Crippen molar-refractivity contribution in [1.29, 1.82) is 0 Å². The maximum Gasteiger partial charge on any atom is 0.321 e. The van der Waals surface area contributed by atoms with E-state index in [-0.39, 0.29) is 30.4 Å². The number of halogens is 3. The van der Waals surface area contributed by atoms with Crippen LogP contribution in [0.3, 0.4) is 0 Å². The van der Waals surface area contributed by atoms with Gasteiger partial charge in [-0.3, -0.25) is 9.59 Å². The van der Waals surface area contributed by atoms with Crippen LogP contribution < -0.4 is 10.1 Å². The van der Waals surface area contributed by atoms with Crippen molar-refractivity contribution < 1.29 is 23.1 Å². The van der Waals surface area contributed by atoms with E-state index in [9.17, 15) is 23.3 Å². The number of nitroso groups, excluding NO2 is 1. The summed E-state index contributed by atoms with van der Waals surface area (Å²) in [6, 6.07) is 17.6. The predicted molar refractivity (Wildman–Crippen MR) is 161 cm³/mol. The molecule has 0 aromatic heterocycles. The first-order valence-electron chi connectivity index (χ1n) is 13.0. The number of nitrogens with zero attached hydrogens (tertiary/aromatic N) is 1. The van der Waals surface area contributed by atoms with Crippen LogP contribution in [0.25, 0.3) is 11.1 Å². The summed E-state index contributed by atoms with van der Waals surface area (Å²) in [6.45, 7) is 8.75. The Kier molecular flexibility index (Phi) is 10.9. The summed E-state index contributed by atoms with van der Waals surface area (Å²) in [5, 5.41) is 4.93. The van der Waals surface area contributed by atoms with Crippen LogP contribution >= 0.6 is 22.6 Å². The lowest BCUT2D eigenvalue weighted by Gasteiger charge is -2.21. The Hall–Kier alpha value is -3.21. The topological polar surface area (TPSA) is 84.8 Å². The zero-order valence-electron chi connectivity index (χ0n) is 23.0. The van der Waals surface area contributed by atoms with Crippen molar-refractivity contribution in [3.05, 3.63) is 93.4 Å². The highest BCUT2D eigenvalue weighted by molar-refractivity contribution is 14.1. The van der Waals surface area contributed by atoms with Crippen molar-refractivity contribution in [2.75, 3.05) is 13.2 Å². The number of nitrogens with one attached hydrogen (secondary N) is 1. The maximum absolute atomic E-state index is 13.6. The molecule has 0 spiro atoms. The van der Waals surface area contributed by atoms with Crippen LogP contribution in [0.5, 0.6) is 5.75 Å². The molecule has 1 N–H and O–H groups in total. The number of rotatable bonds is 12. The molecule has 0 aliphatic rings. The molecule has 2 amide bonds. The molecule has 1 atom stereocenters. The van der Waals surface area contributed by atoms with E-state index in [1.54, 1.807) is 24.3 Å². The van der Waals surface area contributed by atoms with E-state index in [0.717, 1.165) is 62.6 Å². The van der Waals surface area contributed by atoms with Gasteiger partial charge in [-0.1, -0.05) is 50.2 Å². The molecule has 0 fully saturated rings. The summed E-state index contributed by atoms with van der Waals surface area (Å²) in [5.41, 5.74) is 5.32. The minimum absolute atomic E-state index is 0.0272. The fraction of sp³-hybridized carbons (Fsp3) is 0.355. The zero-order valence-corrected chi connectivity index (χ0v) is 25.1. The number of alkyl halides is 3. The van der Waals surface area contributed by atoms with Gasteiger partial charge < -0.3 is 10.1 Å². The monoisotopic (exact) mass is 662 g/mol. The molecule has 0 aliphatic heterocycles. The molecule has 9 heteroatoms. The Bertz CT molecular complexity index is 1310. The van der Waals surface area contributed by atoms with E-state index in [4.69, 9.17) is 4.74 Å². The van der Waals surface area contributed by atoms with E-state index in [2.05, 4.69) is 24.3 Å². The van der Waals surface area contributed by atoms with Gasteiger partial charge in [0.1, 0.15) is 5.75 Å². The van der Waals surface area contributed by atoms with Crippen molar-refractivity contribution in [3.8, 4) is 16.9 Å². The lowest BCUT2D eigenvalue weighted by atomic mass is 9.90. The maximum atomic E-state index is 13.6. The largest absolute Gasteiger partial charge is 0.493 e. The van der Waals surface area contributed by atoms with Crippen molar-refractivity contribution in [2.24, 2.45) is 11.1 Å². The molecule has 0 saturated carbocycles. The molecule has 0 aliphatic carbocycles. The number of carbonyl (C=O) groups is 2. The second kappa shape index (κ2) is 13.9. The molecular formula is C31H33F2IN2O4. The number of hydrogen-bond acceptors (Lipinski definition) is 4. The van der Waals surface area contributed by atoms with Crippen LogP contribution in [0.4, 0.5) is 8.78 Å². The number of aryl methyl sites for hydroxylation is 2. The number of benzene rings is 3. The first-order valence-corrected chi connectivity index (χ1v) is 14.1. The molecule has 212 valence electrons. The number of amides is 2. The lowest BCUT2D eigenvalue weighted by Crippen LogP contribution is -2.25. The van der Waals surface area contributed by atoms with Gasteiger partial charge >= 0.3 is 3.93 Å². The average Bonchev–Trinajstić information content (AvgIpc) is 2.90. The van der Waals surface area contributed by atoms with E-state index >= 15 is 0 Å². The van der Waals surface area contributed by atoms with Crippen LogP contribution in [0.2, 0.25) is 0 Å². The summed E-state index contributed by atoms with van der Waals surface area (Å²) in [7, 11) is 0. The summed E-state index contributed by atoms with van der Waals surface area (Å²) in [5.74, 6) is 0.120. The Labute approximate surface area is 247 Å². The molecular weight excluding hydrogens is 629 g/mol. The Morgan fingerprint density at radius 3 is 2.12 bits per heavy atom.